The van der Waals surface area contributed by atoms with E-state index in [0.717, 1.165) is 6.42 Å². The lowest BCUT2D eigenvalue weighted by atomic mass is 9.93. The summed E-state index contributed by atoms with van der Waals surface area (Å²) in [7, 11) is -1.50. The van der Waals surface area contributed by atoms with Crippen LogP contribution in [0.3, 0.4) is 0 Å². The average Bonchev–Trinajstić information content (AvgIpc) is 3.14. The molecule has 146 valence electrons. The summed E-state index contributed by atoms with van der Waals surface area (Å²) in [5.41, 5.74) is 7.23. The molecule has 0 spiro atoms. The third-order valence-corrected chi connectivity index (χ3v) is 9.16. The largest absolute Gasteiger partial charge is 0.132 e. The van der Waals surface area contributed by atoms with Crippen molar-refractivity contribution in [3.8, 4) is 0 Å². The Morgan fingerprint density at radius 1 is 0.724 bits per heavy atom. The topological polar surface area (TPSA) is 0 Å². The fourth-order valence-corrected chi connectivity index (χ4v) is 8.32. The van der Waals surface area contributed by atoms with E-state index >= 15 is 0 Å². The molecule has 1 aliphatic rings. The smallest absolute Gasteiger partial charge is 0.0801 e. The first-order chi connectivity index (χ1) is 14.0. The van der Waals surface area contributed by atoms with E-state index in [1.54, 1.807) is 10.8 Å². The molecular weight excluding hydrogens is 364 g/mol. The molecule has 0 aromatic heterocycles. The van der Waals surface area contributed by atoms with Crippen LogP contribution in [0.4, 0.5) is 0 Å². The second kappa shape index (κ2) is 8.38. The first-order valence-electron chi connectivity index (χ1n) is 10.7. The van der Waals surface area contributed by atoms with Gasteiger partial charge < -0.3 is 0 Å². The van der Waals surface area contributed by atoms with Gasteiger partial charge in [-0.15, -0.1) is 0 Å². The minimum atomic E-state index is -1.50. The Balaban J connectivity index is 1.88. The molecule has 3 aromatic rings. The monoisotopic (exact) mass is 394 g/mol. The lowest BCUT2D eigenvalue weighted by molar-refractivity contribution is 0.792. The molecule has 0 amide bonds. The summed E-state index contributed by atoms with van der Waals surface area (Å²) in [5, 5.41) is 4.63. The lowest BCUT2D eigenvalue weighted by Crippen LogP contribution is -2.44. The molecule has 0 fully saturated rings. The molecule has 0 bridgehead atoms. The summed E-state index contributed by atoms with van der Waals surface area (Å²) in [5.74, 6) is 0.516. The van der Waals surface area contributed by atoms with E-state index < -0.39 is 8.80 Å². The van der Waals surface area contributed by atoms with E-state index in [4.69, 9.17) is 0 Å². The summed E-state index contributed by atoms with van der Waals surface area (Å²) in [6, 6.07) is 29.3. The Bertz CT molecular complexity index is 996. The number of hydrogen-bond acceptors (Lipinski definition) is 0. The highest BCUT2D eigenvalue weighted by Crippen LogP contribution is 2.39. The van der Waals surface area contributed by atoms with Crippen molar-refractivity contribution in [2.45, 2.75) is 34.1 Å². The van der Waals surface area contributed by atoms with Gasteiger partial charge in [0, 0.05) is 0 Å². The molecule has 0 atom stereocenters. The zero-order valence-corrected chi connectivity index (χ0v) is 19.1. The van der Waals surface area contributed by atoms with Crippen LogP contribution < -0.4 is 10.4 Å². The normalized spacial score (nSPS) is 14.1. The van der Waals surface area contributed by atoms with Crippen molar-refractivity contribution >= 4 is 24.7 Å². The molecule has 0 radical (unpaired) electrons. The van der Waals surface area contributed by atoms with Crippen molar-refractivity contribution in [1.82, 2.24) is 0 Å². The summed E-state index contributed by atoms with van der Waals surface area (Å²) in [4.78, 5) is 0. The highest BCUT2D eigenvalue weighted by Gasteiger charge is 2.30. The van der Waals surface area contributed by atoms with Gasteiger partial charge in [0.15, 0.2) is 0 Å². The average molecular weight is 395 g/mol. The van der Waals surface area contributed by atoms with Crippen LogP contribution in [-0.4, -0.2) is 8.80 Å². The number of aryl methyl sites for hydroxylation is 2. The van der Waals surface area contributed by atoms with Crippen LogP contribution in [0.15, 0.2) is 95.7 Å². The molecule has 1 heteroatoms. The van der Waals surface area contributed by atoms with Crippen molar-refractivity contribution in [3.63, 3.8) is 0 Å². The van der Waals surface area contributed by atoms with Crippen molar-refractivity contribution in [3.05, 3.63) is 112 Å². The number of rotatable bonds is 5. The molecule has 29 heavy (non-hydrogen) atoms. The van der Waals surface area contributed by atoms with Crippen molar-refractivity contribution in [1.29, 1.82) is 0 Å². The van der Waals surface area contributed by atoms with Gasteiger partial charge in [-0.2, -0.15) is 0 Å². The van der Waals surface area contributed by atoms with Gasteiger partial charge >= 0.3 is 0 Å². The summed E-state index contributed by atoms with van der Waals surface area (Å²) >= 11 is 0. The molecule has 0 aliphatic heterocycles. The predicted molar refractivity (Wildman–Crippen MR) is 130 cm³/mol. The number of allylic oxidation sites excluding steroid dienone is 4. The fourth-order valence-electron chi connectivity index (χ4n) is 4.83. The minimum Gasteiger partial charge on any atom is -0.0801 e. The summed E-state index contributed by atoms with van der Waals surface area (Å²) in [6.07, 6.45) is 3.59. The molecule has 0 N–H and O–H groups in total. The maximum atomic E-state index is 2.54. The summed E-state index contributed by atoms with van der Waals surface area (Å²) < 4.78 is 0. The summed E-state index contributed by atoms with van der Waals surface area (Å²) in [6.45, 7) is 9.14. The first kappa shape index (κ1) is 19.7. The Morgan fingerprint density at radius 2 is 1.24 bits per heavy atom. The molecule has 0 heterocycles. The van der Waals surface area contributed by atoms with Crippen LogP contribution in [0.1, 0.15) is 37.0 Å². The standard InChI is InChI=1S/C28H30Si/c1-20(2)28-26(23-18-21(3)17-22(4)19-23)15-16-27(28)29(24-11-7-5-8-12-24)25-13-9-6-10-14-25/h5-14,16-20,29H,15H2,1-4H3. The Kier molecular flexibility index (Phi) is 5.69. The highest BCUT2D eigenvalue weighted by atomic mass is 28.3. The maximum Gasteiger partial charge on any atom is 0.132 e. The third-order valence-electron chi connectivity index (χ3n) is 5.89. The van der Waals surface area contributed by atoms with Gasteiger partial charge in [0.2, 0.25) is 0 Å². The lowest BCUT2D eigenvalue weighted by Gasteiger charge is -2.24. The molecule has 0 unspecified atom stereocenters. The van der Waals surface area contributed by atoms with E-state index in [9.17, 15) is 0 Å². The quantitative estimate of drug-likeness (QED) is 0.492. The van der Waals surface area contributed by atoms with Crippen LogP contribution in [0.5, 0.6) is 0 Å². The van der Waals surface area contributed by atoms with Crippen LogP contribution in [0, 0.1) is 19.8 Å². The van der Waals surface area contributed by atoms with Gasteiger partial charge in [0.1, 0.15) is 8.80 Å². The minimum absolute atomic E-state index is 0.516. The second-order valence-corrected chi connectivity index (χ2v) is 11.4. The second-order valence-electron chi connectivity index (χ2n) is 8.54. The van der Waals surface area contributed by atoms with E-state index in [-0.39, 0.29) is 0 Å². The van der Waals surface area contributed by atoms with Crippen molar-refractivity contribution in [2.75, 3.05) is 0 Å². The van der Waals surface area contributed by atoms with Crippen molar-refractivity contribution < 1.29 is 0 Å². The van der Waals surface area contributed by atoms with E-state index in [1.165, 1.54) is 32.6 Å². The Morgan fingerprint density at radius 3 is 1.72 bits per heavy atom. The van der Waals surface area contributed by atoms with Gasteiger partial charge in [-0.3, -0.25) is 0 Å². The maximum absolute atomic E-state index is 2.54. The fraction of sp³-hybridized carbons (Fsp3) is 0.214. The molecule has 4 rings (SSSR count). The SMILES string of the molecule is Cc1cc(C)cc(C2=C(C(C)C)C([SiH](c3ccccc3)c3ccccc3)=CC2)c1. The van der Waals surface area contributed by atoms with E-state index in [2.05, 4.69) is 113 Å². The third kappa shape index (κ3) is 4.06. The van der Waals surface area contributed by atoms with E-state index in [1.807, 2.05) is 0 Å². The molecule has 0 nitrogen and oxygen atoms in total. The molecule has 1 aliphatic carbocycles. The van der Waals surface area contributed by atoms with Gasteiger partial charge in [-0.05, 0) is 42.9 Å². The zero-order valence-electron chi connectivity index (χ0n) is 17.9. The highest BCUT2D eigenvalue weighted by molar-refractivity contribution is 6.91. The van der Waals surface area contributed by atoms with Crippen LogP contribution in [-0.2, 0) is 0 Å². The van der Waals surface area contributed by atoms with Gasteiger partial charge in [-0.1, -0.05) is 125 Å². The Labute approximate surface area is 177 Å². The number of hydrogen-bond donors (Lipinski definition) is 0. The Hall–Kier alpha value is -2.64. The van der Waals surface area contributed by atoms with Gasteiger partial charge in [-0.25, -0.2) is 0 Å². The predicted octanol–water partition coefficient (Wildman–Crippen LogP) is 5.62. The molecular formula is C28H30Si. The van der Waals surface area contributed by atoms with Crippen LogP contribution in [0.2, 0.25) is 0 Å². The molecule has 0 saturated heterocycles. The van der Waals surface area contributed by atoms with Gasteiger partial charge in [0.25, 0.3) is 0 Å². The molecule has 0 saturated carbocycles. The van der Waals surface area contributed by atoms with Gasteiger partial charge in [0.05, 0.1) is 0 Å². The van der Waals surface area contributed by atoms with E-state index in [0.29, 0.717) is 5.92 Å². The van der Waals surface area contributed by atoms with Crippen LogP contribution >= 0.6 is 0 Å². The van der Waals surface area contributed by atoms with Crippen LogP contribution in [0.25, 0.3) is 5.57 Å². The molecule has 3 aromatic carbocycles. The van der Waals surface area contributed by atoms with Crippen molar-refractivity contribution in [2.24, 2.45) is 5.92 Å². The number of benzene rings is 3. The first-order valence-corrected chi connectivity index (χ1v) is 12.4. The zero-order chi connectivity index (χ0) is 20.4.